The number of hydrogen-bond acceptors (Lipinski definition) is 5. The lowest BCUT2D eigenvalue weighted by Crippen LogP contribution is -2.19. The number of amidine groups is 1. The fourth-order valence-electron chi connectivity index (χ4n) is 3.14. The second-order valence-corrected chi connectivity index (χ2v) is 7.88. The van der Waals surface area contributed by atoms with Crippen molar-refractivity contribution >= 4 is 40.3 Å². The number of nitro benzene ring substituents is 1. The van der Waals surface area contributed by atoms with E-state index in [2.05, 4.69) is 16.4 Å². The van der Waals surface area contributed by atoms with Crippen molar-refractivity contribution in [3.8, 4) is 5.69 Å². The molecule has 0 unspecified atom stereocenters. The third kappa shape index (κ3) is 4.04. The highest BCUT2D eigenvalue weighted by atomic mass is 32.2. The topological polar surface area (TPSA) is 89.5 Å². The van der Waals surface area contributed by atoms with Gasteiger partial charge in [-0.3, -0.25) is 14.9 Å². The average molecular weight is 418 g/mol. The van der Waals surface area contributed by atoms with Crippen LogP contribution in [0.15, 0.2) is 70.7 Å². The fourth-order valence-corrected chi connectivity index (χ4v) is 3.96. The van der Waals surface area contributed by atoms with Crippen molar-refractivity contribution in [3.05, 3.63) is 92.6 Å². The summed E-state index contributed by atoms with van der Waals surface area (Å²) in [6.45, 7) is 4.01. The van der Waals surface area contributed by atoms with E-state index in [1.807, 2.05) is 48.9 Å². The van der Waals surface area contributed by atoms with Gasteiger partial charge in [0.2, 0.25) is 0 Å². The Morgan fingerprint density at radius 2 is 1.90 bits per heavy atom. The number of aryl methyl sites for hydroxylation is 2. The first-order valence-electron chi connectivity index (χ1n) is 9.20. The van der Waals surface area contributed by atoms with Crippen LogP contribution in [0.5, 0.6) is 0 Å². The molecule has 4 rings (SSSR count). The zero-order valence-electron chi connectivity index (χ0n) is 16.3. The van der Waals surface area contributed by atoms with E-state index in [1.165, 1.54) is 23.9 Å². The van der Waals surface area contributed by atoms with Crippen molar-refractivity contribution in [2.75, 3.05) is 0 Å². The molecule has 7 nitrogen and oxygen atoms in total. The van der Waals surface area contributed by atoms with Crippen LogP contribution in [0.2, 0.25) is 0 Å². The van der Waals surface area contributed by atoms with Gasteiger partial charge in [0.05, 0.1) is 15.5 Å². The molecule has 0 aliphatic carbocycles. The van der Waals surface area contributed by atoms with Gasteiger partial charge in [0.1, 0.15) is 0 Å². The van der Waals surface area contributed by atoms with E-state index >= 15 is 0 Å². The van der Waals surface area contributed by atoms with Gasteiger partial charge in [-0.1, -0.05) is 17.7 Å². The maximum atomic E-state index is 12.4. The highest BCUT2D eigenvalue weighted by molar-refractivity contribution is 8.18. The van der Waals surface area contributed by atoms with E-state index in [0.29, 0.717) is 10.1 Å². The third-order valence-electron chi connectivity index (χ3n) is 4.62. The summed E-state index contributed by atoms with van der Waals surface area (Å²) in [5, 5.41) is 14.2. The quantitative estimate of drug-likeness (QED) is 0.371. The maximum absolute atomic E-state index is 12.4. The van der Waals surface area contributed by atoms with Gasteiger partial charge in [-0.15, -0.1) is 0 Å². The van der Waals surface area contributed by atoms with Gasteiger partial charge in [-0.2, -0.15) is 0 Å². The fraction of sp³-hybridized carbons (Fsp3) is 0.0909. The molecule has 150 valence electrons. The van der Waals surface area contributed by atoms with Crippen LogP contribution >= 0.6 is 11.8 Å². The monoisotopic (exact) mass is 418 g/mol. The van der Waals surface area contributed by atoms with Gasteiger partial charge < -0.3 is 9.88 Å². The largest absolute Gasteiger partial charge is 0.317 e. The number of nitrogens with one attached hydrogen (secondary N) is 1. The second-order valence-electron chi connectivity index (χ2n) is 6.85. The van der Waals surface area contributed by atoms with Crippen LogP contribution in [-0.2, 0) is 4.79 Å². The highest BCUT2D eigenvalue weighted by Crippen LogP contribution is 2.30. The van der Waals surface area contributed by atoms with E-state index in [4.69, 9.17) is 0 Å². The SMILES string of the molecule is Cc1ccc(N=C2NC(=O)/C(=C/c3cccn3-c3ccc([N+](=O)[O-])cc3)S2)c(C)c1. The average Bonchev–Trinajstić information content (AvgIpc) is 3.31. The summed E-state index contributed by atoms with van der Waals surface area (Å²) in [5.41, 5.74) is 4.61. The number of nitrogens with zero attached hydrogens (tertiary/aromatic N) is 3. The van der Waals surface area contributed by atoms with Crippen LogP contribution in [0.4, 0.5) is 11.4 Å². The van der Waals surface area contributed by atoms with Gasteiger partial charge in [0.25, 0.3) is 11.6 Å². The molecular formula is C22H18N4O3S. The molecule has 0 bridgehead atoms. The number of rotatable bonds is 4. The molecule has 0 atom stereocenters. The number of carbonyl (C=O) groups is 1. The summed E-state index contributed by atoms with van der Waals surface area (Å²) >= 11 is 1.28. The third-order valence-corrected chi connectivity index (χ3v) is 5.53. The zero-order chi connectivity index (χ0) is 21.3. The molecule has 1 saturated heterocycles. The molecule has 1 fully saturated rings. The summed E-state index contributed by atoms with van der Waals surface area (Å²) in [5.74, 6) is -0.208. The van der Waals surface area contributed by atoms with Gasteiger partial charge in [0.15, 0.2) is 5.17 Å². The Bertz CT molecular complexity index is 1210. The van der Waals surface area contributed by atoms with E-state index in [0.717, 1.165) is 28.2 Å². The minimum Gasteiger partial charge on any atom is -0.317 e. The smallest absolute Gasteiger partial charge is 0.269 e. The molecule has 1 amide bonds. The van der Waals surface area contributed by atoms with Crippen molar-refractivity contribution < 1.29 is 9.72 Å². The number of hydrogen-bond donors (Lipinski definition) is 1. The molecule has 0 radical (unpaired) electrons. The molecule has 1 aliphatic heterocycles. The van der Waals surface area contributed by atoms with Crippen molar-refractivity contribution in [2.45, 2.75) is 13.8 Å². The summed E-state index contributed by atoms with van der Waals surface area (Å²) in [6, 6.07) is 16.0. The molecule has 8 heteroatoms. The summed E-state index contributed by atoms with van der Waals surface area (Å²) in [7, 11) is 0. The predicted octanol–water partition coefficient (Wildman–Crippen LogP) is 4.89. The number of aromatic nitrogens is 1. The van der Waals surface area contributed by atoms with E-state index in [9.17, 15) is 14.9 Å². The molecule has 0 saturated carbocycles. The van der Waals surface area contributed by atoms with Crippen LogP contribution in [-0.4, -0.2) is 20.6 Å². The first kappa shape index (κ1) is 19.7. The number of benzene rings is 2. The lowest BCUT2D eigenvalue weighted by molar-refractivity contribution is -0.384. The number of non-ortho nitro benzene ring substituents is 1. The van der Waals surface area contributed by atoms with E-state index in [-0.39, 0.29) is 11.6 Å². The van der Waals surface area contributed by atoms with Crippen molar-refractivity contribution in [3.63, 3.8) is 0 Å². The van der Waals surface area contributed by atoms with E-state index in [1.54, 1.807) is 18.2 Å². The normalized spacial score (nSPS) is 16.3. The van der Waals surface area contributed by atoms with Crippen LogP contribution in [0.1, 0.15) is 16.8 Å². The van der Waals surface area contributed by atoms with E-state index < -0.39 is 4.92 Å². The molecule has 1 aromatic heterocycles. The molecule has 1 aliphatic rings. The van der Waals surface area contributed by atoms with Crippen LogP contribution in [0.3, 0.4) is 0 Å². The number of amides is 1. The molecular weight excluding hydrogens is 400 g/mol. The minimum atomic E-state index is -0.432. The van der Waals surface area contributed by atoms with Gasteiger partial charge in [0, 0.05) is 29.7 Å². The molecule has 3 aromatic rings. The molecule has 2 heterocycles. The van der Waals surface area contributed by atoms with Gasteiger partial charge in [-0.05, 0) is 67.6 Å². The van der Waals surface area contributed by atoms with Crippen molar-refractivity contribution in [1.82, 2.24) is 9.88 Å². The van der Waals surface area contributed by atoms with Crippen LogP contribution < -0.4 is 5.32 Å². The Morgan fingerprint density at radius 3 is 2.60 bits per heavy atom. The lowest BCUT2D eigenvalue weighted by atomic mass is 10.1. The van der Waals surface area contributed by atoms with Crippen LogP contribution in [0.25, 0.3) is 11.8 Å². The first-order chi connectivity index (χ1) is 14.4. The summed E-state index contributed by atoms with van der Waals surface area (Å²) in [6.07, 6.45) is 3.63. The van der Waals surface area contributed by atoms with Crippen LogP contribution in [0, 0.1) is 24.0 Å². The summed E-state index contributed by atoms with van der Waals surface area (Å²) in [4.78, 5) is 28.0. The first-order valence-corrected chi connectivity index (χ1v) is 10.0. The number of carbonyl (C=O) groups excluding carboxylic acids is 1. The van der Waals surface area contributed by atoms with Crippen molar-refractivity contribution in [2.24, 2.45) is 4.99 Å². The van der Waals surface area contributed by atoms with Gasteiger partial charge in [-0.25, -0.2) is 4.99 Å². The Labute approximate surface area is 177 Å². The molecule has 30 heavy (non-hydrogen) atoms. The number of aliphatic imine (C=N–C) groups is 1. The Kier molecular flexibility index (Phi) is 5.24. The molecule has 2 aromatic carbocycles. The number of nitro groups is 1. The number of thioether (sulfide) groups is 1. The minimum absolute atomic E-state index is 0.0313. The second kappa shape index (κ2) is 8.00. The Balaban J connectivity index is 1.60. The Morgan fingerprint density at radius 1 is 1.13 bits per heavy atom. The zero-order valence-corrected chi connectivity index (χ0v) is 17.1. The molecule has 0 spiro atoms. The summed E-state index contributed by atoms with van der Waals surface area (Å²) < 4.78 is 1.86. The maximum Gasteiger partial charge on any atom is 0.269 e. The van der Waals surface area contributed by atoms with Gasteiger partial charge >= 0.3 is 0 Å². The highest BCUT2D eigenvalue weighted by Gasteiger charge is 2.24. The standard InChI is InChI=1S/C22H18N4O3S/c1-14-5-10-19(15(2)12-14)23-22-24-21(27)20(30-22)13-18-4-3-11-25(18)16-6-8-17(9-7-16)26(28)29/h3-13H,1-2H3,(H,23,24,27)/b20-13-. The Hall–Kier alpha value is -3.65. The lowest BCUT2D eigenvalue weighted by Gasteiger charge is -2.06. The molecule has 1 N–H and O–H groups in total. The predicted molar refractivity (Wildman–Crippen MR) is 119 cm³/mol. The van der Waals surface area contributed by atoms with Crippen molar-refractivity contribution in [1.29, 1.82) is 0 Å².